The molecule has 6 heteroatoms. The van der Waals surface area contributed by atoms with Gasteiger partial charge in [-0.05, 0) is 36.4 Å². The van der Waals surface area contributed by atoms with E-state index in [2.05, 4.69) is 15.3 Å². The third-order valence-corrected chi connectivity index (χ3v) is 3.63. The van der Waals surface area contributed by atoms with Crippen LogP contribution in [0.25, 0.3) is 27.8 Å². The summed E-state index contributed by atoms with van der Waals surface area (Å²) in [5.74, 6) is 0.763. The first-order valence-electron chi connectivity index (χ1n) is 6.78. The Labute approximate surface area is 125 Å². The summed E-state index contributed by atoms with van der Waals surface area (Å²) in [5.41, 5.74) is 2.50. The predicted octanol–water partition coefficient (Wildman–Crippen LogP) is 2.25. The lowest BCUT2D eigenvalue weighted by Crippen LogP contribution is -2.10. The normalized spacial score (nSPS) is 11.1. The van der Waals surface area contributed by atoms with Gasteiger partial charge in [-0.3, -0.25) is 4.79 Å². The number of fused-ring (bicyclic) bond motifs is 3. The van der Waals surface area contributed by atoms with E-state index in [0.717, 1.165) is 16.8 Å². The van der Waals surface area contributed by atoms with Gasteiger partial charge in [0.05, 0.1) is 18.0 Å². The molecule has 0 radical (unpaired) electrons. The molecule has 0 bridgehead atoms. The third kappa shape index (κ3) is 1.77. The molecule has 6 nitrogen and oxygen atoms in total. The van der Waals surface area contributed by atoms with Crippen LogP contribution in [0.2, 0.25) is 0 Å². The maximum Gasteiger partial charge on any atom is 0.281 e. The fraction of sp³-hybridized carbons (Fsp3) is 0.0625. The van der Waals surface area contributed by atoms with Gasteiger partial charge in [0.1, 0.15) is 11.4 Å². The highest BCUT2D eigenvalue weighted by Gasteiger charge is 2.13. The highest BCUT2D eigenvalue weighted by molar-refractivity contribution is 5.83. The lowest BCUT2D eigenvalue weighted by molar-refractivity contribution is 0.415. The number of H-pyrrole nitrogens is 1. The zero-order valence-corrected chi connectivity index (χ0v) is 11.8. The van der Waals surface area contributed by atoms with Crippen molar-refractivity contribution in [1.29, 1.82) is 0 Å². The van der Waals surface area contributed by atoms with E-state index in [9.17, 15) is 4.79 Å². The van der Waals surface area contributed by atoms with Gasteiger partial charge >= 0.3 is 0 Å². The fourth-order valence-electron chi connectivity index (χ4n) is 2.52. The number of methoxy groups -OCH3 is 1. The summed E-state index contributed by atoms with van der Waals surface area (Å²) in [5, 5.41) is 7.79. The predicted molar refractivity (Wildman–Crippen MR) is 83.1 cm³/mol. The number of benzene rings is 2. The maximum atomic E-state index is 12.2. The summed E-state index contributed by atoms with van der Waals surface area (Å²) >= 11 is 0. The fourth-order valence-corrected chi connectivity index (χ4v) is 2.52. The van der Waals surface area contributed by atoms with Crippen LogP contribution in [0.15, 0.2) is 53.3 Å². The SMILES string of the molecule is COc1ccc(-c2n[nH]n3c2nc(=O)c2ccccc23)cc1. The summed E-state index contributed by atoms with van der Waals surface area (Å²) < 4.78 is 6.87. The molecule has 2 aromatic carbocycles. The lowest BCUT2D eigenvalue weighted by Gasteiger charge is -2.02. The Morgan fingerprint density at radius 3 is 2.64 bits per heavy atom. The third-order valence-electron chi connectivity index (χ3n) is 3.63. The molecule has 108 valence electrons. The first kappa shape index (κ1) is 12.6. The molecule has 0 atom stereocenters. The number of aromatic nitrogens is 4. The molecule has 0 unspecified atom stereocenters. The number of rotatable bonds is 2. The van der Waals surface area contributed by atoms with E-state index in [1.54, 1.807) is 17.7 Å². The quantitative estimate of drug-likeness (QED) is 0.615. The van der Waals surface area contributed by atoms with E-state index < -0.39 is 0 Å². The molecular weight excluding hydrogens is 280 g/mol. The molecular formula is C16H12N4O2. The highest BCUT2D eigenvalue weighted by atomic mass is 16.5. The van der Waals surface area contributed by atoms with Crippen LogP contribution in [0, 0.1) is 0 Å². The van der Waals surface area contributed by atoms with Gasteiger partial charge in [-0.25, -0.2) is 9.73 Å². The van der Waals surface area contributed by atoms with Crippen molar-refractivity contribution in [2.75, 3.05) is 7.11 Å². The first-order valence-corrected chi connectivity index (χ1v) is 6.78. The van der Waals surface area contributed by atoms with Gasteiger partial charge in [-0.1, -0.05) is 12.1 Å². The molecule has 2 aromatic heterocycles. The van der Waals surface area contributed by atoms with Crippen LogP contribution in [0.4, 0.5) is 0 Å². The molecule has 0 aliphatic rings. The van der Waals surface area contributed by atoms with Crippen LogP contribution in [-0.4, -0.2) is 26.9 Å². The molecule has 0 saturated carbocycles. The number of para-hydroxylation sites is 1. The Balaban J connectivity index is 2.01. The van der Waals surface area contributed by atoms with E-state index in [-0.39, 0.29) is 5.56 Å². The summed E-state index contributed by atoms with van der Waals surface area (Å²) in [6, 6.07) is 14.8. The summed E-state index contributed by atoms with van der Waals surface area (Å²) in [6.07, 6.45) is 0. The van der Waals surface area contributed by atoms with E-state index in [1.165, 1.54) is 0 Å². The van der Waals surface area contributed by atoms with Crippen LogP contribution >= 0.6 is 0 Å². The van der Waals surface area contributed by atoms with Gasteiger partial charge < -0.3 is 4.74 Å². The van der Waals surface area contributed by atoms with Crippen LogP contribution in [0.3, 0.4) is 0 Å². The Morgan fingerprint density at radius 1 is 1.09 bits per heavy atom. The van der Waals surface area contributed by atoms with Crippen LogP contribution < -0.4 is 10.3 Å². The second kappa shape index (κ2) is 4.70. The van der Waals surface area contributed by atoms with Crippen molar-refractivity contribution in [3.63, 3.8) is 0 Å². The van der Waals surface area contributed by atoms with E-state index in [4.69, 9.17) is 4.74 Å². The van der Waals surface area contributed by atoms with Gasteiger partial charge in [-0.2, -0.15) is 10.1 Å². The van der Waals surface area contributed by atoms with Crippen molar-refractivity contribution in [1.82, 2.24) is 19.8 Å². The van der Waals surface area contributed by atoms with Gasteiger partial charge in [-0.15, -0.1) is 0 Å². The molecule has 0 spiro atoms. The summed E-state index contributed by atoms with van der Waals surface area (Å²) in [4.78, 5) is 16.4. The van der Waals surface area contributed by atoms with Crippen LogP contribution in [-0.2, 0) is 0 Å². The Bertz CT molecular complexity index is 1030. The second-order valence-corrected chi connectivity index (χ2v) is 4.88. The number of ether oxygens (including phenoxy) is 1. The molecule has 0 aliphatic heterocycles. The molecule has 22 heavy (non-hydrogen) atoms. The molecule has 4 rings (SSSR count). The van der Waals surface area contributed by atoms with Crippen molar-refractivity contribution in [2.24, 2.45) is 0 Å². The van der Waals surface area contributed by atoms with Crippen molar-refractivity contribution in [2.45, 2.75) is 0 Å². The van der Waals surface area contributed by atoms with E-state index in [0.29, 0.717) is 16.7 Å². The topological polar surface area (TPSA) is 72.3 Å². The second-order valence-electron chi connectivity index (χ2n) is 4.88. The number of aromatic amines is 1. The molecule has 0 saturated heterocycles. The zero-order valence-electron chi connectivity index (χ0n) is 11.8. The molecule has 0 amide bonds. The van der Waals surface area contributed by atoms with Crippen molar-refractivity contribution < 1.29 is 4.74 Å². The highest BCUT2D eigenvalue weighted by Crippen LogP contribution is 2.24. The lowest BCUT2D eigenvalue weighted by atomic mass is 10.1. The Hall–Kier alpha value is -3.15. The minimum absolute atomic E-state index is 0.258. The van der Waals surface area contributed by atoms with Crippen molar-refractivity contribution >= 4 is 16.6 Å². The Morgan fingerprint density at radius 2 is 1.86 bits per heavy atom. The van der Waals surface area contributed by atoms with Gasteiger partial charge in [0.15, 0.2) is 5.65 Å². The number of nitrogens with zero attached hydrogens (tertiary/aromatic N) is 3. The minimum Gasteiger partial charge on any atom is -0.497 e. The van der Waals surface area contributed by atoms with Gasteiger partial charge in [0, 0.05) is 5.56 Å². The van der Waals surface area contributed by atoms with Crippen molar-refractivity contribution in [3.05, 3.63) is 58.9 Å². The summed E-state index contributed by atoms with van der Waals surface area (Å²) in [7, 11) is 1.62. The number of nitrogens with one attached hydrogen (secondary N) is 1. The van der Waals surface area contributed by atoms with Crippen LogP contribution in [0.5, 0.6) is 5.75 Å². The zero-order chi connectivity index (χ0) is 15.1. The Kier molecular flexibility index (Phi) is 2.69. The maximum absolute atomic E-state index is 12.2. The molecule has 4 aromatic rings. The van der Waals surface area contributed by atoms with E-state index in [1.807, 2.05) is 42.5 Å². The standard InChI is InChI=1S/C16H12N4O2/c1-22-11-8-6-10(7-9-11)14-15-17-16(21)12-4-2-3-5-13(12)20(15)19-18-14/h2-9,19H,1H3. The average Bonchev–Trinajstić information content (AvgIpc) is 2.99. The van der Waals surface area contributed by atoms with Crippen LogP contribution in [0.1, 0.15) is 0 Å². The molecule has 0 fully saturated rings. The minimum atomic E-state index is -0.258. The largest absolute Gasteiger partial charge is 0.497 e. The molecule has 1 N–H and O–H groups in total. The average molecular weight is 292 g/mol. The van der Waals surface area contributed by atoms with Gasteiger partial charge in [0.2, 0.25) is 0 Å². The van der Waals surface area contributed by atoms with Crippen molar-refractivity contribution in [3.8, 4) is 17.0 Å². The first-order chi connectivity index (χ1) is 10.8. The monoisotopic (exact) mass is 292 g/mol. The smallest absolute Gasteiger partial charge is 0.281 e. The number of hydrogen-bond donors (Lipinski definition) is 1. The van der Waals surface area contributed by atoms with E-state index >= 15 is 0 Å². The summed E-state index contributed by atoms with van der Waals surface area (Å²) in [6.45, 7) is 0. The van der Waals surface area contributed by atoms with Gasteiger partial charge in [0.25, 0.3) is 5.56 Å². The molecule has 2 heterocycles. The number of hydrogen-bond acceptors (Lipinski definition) is 4. The molecule has 0 aliphatic carbocycles.